The van der Waals surface area contributed by atoms with E-state index in [-0.39, 0.29) is 23.3 Å². The first-order valence-corrected chi connectivity index (χ1v) is 7.13. The van der Waals surface area contributed by atoms with Crippen LogP contribution in [0.2, 0.25) is 0 Å². The molecule has 1 aliphatic carbocycles. The van der Waals surface area contributed by atoms with Crippen LogP contribution in [0.25, 0.3) is 0 Å². The van der Waals surface area contributed by atoms with Gasteiger partial charge in [-0.15, -0.1) is 0 Å². The first kappa shape index (κ1) is 14.8. The van der Waals surface area contributed by atoms with Gasteiger partial charge in [-0.3, -0.25) is 4.79 Å². The molecule has 1 saturated carbocycles. The lowest BCUT2D eigenvalue weighted by Crippen LogP contribution is -2.44. The van der Waals surface area contributed by atoms with E-state index in [2.05, 4.69) is 0 Å². The van der Waals surface area contributed by atoms with Gasteiger partial charge in [0, 0.05) is 25.2 Å². The van der Waals surface area contributed by atoms with Crippen molar-refractivity contribution >= 4 is 5.91 Å². The van der Waals surface area contributed by atoms with Gasteiger partial charge in [-0.05, 0) is 25.0 Å². The molecule has 0 saturated heterocycles. The van der Waals surface area contributed by atoms with Crippen LogP contribution in [0.4, 0.5) is 4.39 Å². The highest BCUT2D eigenvalue weighted by Crippen LogP contribution is 2.25. The Bertz CT molecular complexity index is 473. The van der Waals surface area contributed by atoms with Crippen molar-refractivity contribution < 1.29 is 14.3 Å². The molecule has 1 aromatic rings. The van der Waals surface area contributed by atoms with Gasteiger partial charge in [-0.2, -0.15) is 0 Å². The van der Waals surface area contributed by atoms with Crippen LogP contribution in [-0.4, -0.2) is 35.0 Å². The molecule has 3 N–H and O–H groups in total. The summed E-state index contributed by atoms with van der Waals surface area (Å²) in [5.74, 6) is -1.20. The lowest BCUT2D eigenvalue weighted by Gasteiger charge is -2.34. The molecule has 2 rings (SSSR count). The van der Waals surface area contributed by atoms with Gasteiger partial charge in [0.15, 0.2) is 0 Å². The van der Waals surface area contributed by atoms with E-state index in [4.69, 9.17) is 5.73 Å². The fraction of sp³-hybridized carbons (Fsp3) is 0.533. The van der Waals surface area contributed by atoms with Crippen molar-refractivity contribution in [2.75, 3.05) is 13.1 Å². The highest BCUT2D eigenvalue weighted by atomic mass is 19.1. The predicted molar refractivity (Wildman–Crippen MR) is 75.0 cm³/mol. The van der Waals surface area contributed by atoms with Gasteiger partial charge in [0.25, 0.3) is 5.91 Å². The minimum Gasteiger partial charge on any atom is -0.508 e. The highest BCUT2D eigenvalue weighted by molar-refractivity contribution is 5.94. The Morgan fingerprint density at radius 1 is 1.35 bits per heavy atom. The van der Waals surface area contributed by atoms with E-state index in [1.54, 1.807) is 4.90 Å². The third-order valence-corrected chi connectivity index (χ3v) is 3.83. The Morgan fingerprint density at radius 3 is 2.65 bits per heavy atom. The lowest BCUT2D eigenvalue weighted by molar-refractivity contribution is 0.0637. The number of amides is 1. The second-order valence-corrected chi connectivity index (χ2v) is 5.24. The number of benzene rings is 1. The van der Waals surface area contributed by atoms with Crippen LogP contribution in [0.15, 0.2) is 18.2 Å². The Morgan fingerprint density at radius 2 is 2.05 bits per heavy atom. The summed E-state index contributed by atoms with van der Waals surface area (Å²) < 4.78 is 13.8. The van der Waals surface area contributed by atoms with Crippen molar-refractivity contribution in [1.29, 1.82) is 0 Å². The van der Waals surface area contributed by atoms with Gasteiger partial charge in [-0.25, -0.2) is 4.39 Å². The van der Waals surface area contributed by atoms with E-state index in [9.17, 15) is 14.3 Å². The first-order chi connectivity index (χ1) is 9.63. The summed E-state index contributed by atoms with van der Waals surface area (Å²) >= 11 is 0. The van der Waals surface area contributed by atoms with Gasteiger partial charge < -0.3 is 15.7 Å². The van der Waals surface area contributed by atoms with E-state index in [0.717, 1.165) is 31.7 Å². The molecule has 1 amide bonds. The summed E-state index contributed by atoms with van der Waals surface area (Å²) in [6, 6.07) is 3.78. The average Bonchev–Trinajstić information content (AvgIpc) is 2.45. The molecular weight excluding hydrogens is 259 g/mol. The number of hydrogen-bond acceptors (Lipinski definition) is 3. The SMILES string of the molecule is NCCN(C(=O)c1ccc(O)cc1F)C1CCCCC1. The molecule has 0 heterocycles. The molecule has 0 aromatic heterocycles. The molecule has 1 fully saturated rings. The molecule has 0 radical (unpaired) electrons. The molecule has 0 unspecified atom stereocenters. The van der Waals surface area contributed by atoms with Gasteiger partial charge in [0.1, 0.15) is 11.6 Å². The van der Waals surface area contributed by atoms with Gasteiger partial charge in [0.05, 0.1) is 5.56 Å². The summed E-state index contributed by atoms with van der Waals surface area (Å²) in [7, 11) is 0. The molecule has 0 atom stereocenters. The van der Waals surface area contributed by atoms with Gasteiger partial charge >= 0.3 is 0 Å². The van der Waals surface area contributed by atoms with Gasteiger partial charge in [-0.1, -0.05) is 19.3 Å². The Balaban J connectivity index is 2.21. The second kappa shape index (κ2) is 6.70. The Hall–Kier alpha value is -1.62. The van der Waals surface area contributed by atoms with Crippen LogP contribution in [-0.2, 0) is 0 Å². The largest absolute Gasteiger partial charge is 0.508 e. The van der Waals surface area contributed by atoms with Crippen molar-refractivity contribution in [2.24, 2.45) is 5.73 Å². The first-order valence-electron chi connectivity index (χ1n) is 7.13. The summed E-state index contributed by atoms with van der Waals surface area (Å²) in [6.45, 7) is 0.797. The average molecular weight is 280 g/mol. The fourth-order valence-corrected chi connectivity index (χ4v) is 2.81. The zero-order chi connectivity index (χ0) is 14.5. The zero-order valence-electron chi connectivity index (χ0n) is 11.5. The number of carbonyl (C=O) groups is 1. The van der Waals surface area contributed by atoms with Crippen LogP contribution in [0.5, 0.6) is 5.75 Å². The van der Waals surface area contributed by atoms with Crippen molar-refractivity contribution in [1.82, 2.24) is 4.90 Å². The fourth-order valence-electron chi connectivity index (χ4n) is 2.81. The smallest absolute Gasteiger partial charge is 0.257 e. The van der Waals surface area contributed by atoms with E-state index in [0.29, 0.717) is 13.1 Å². The minimum atomic E-state index is -0.687. The number of carbonyl (C=O) groups excluding carboxylic acids is 1. The topological polar surface area (TPSA) is 66.6 Å². The van der Waals surface area contributed by atoms with Crippen LogP contribution < -0.4 is 5.73 Å². The predicted octanol–water partition coefficient (Wildman–Crippen LogP) is 2.26. The number of rotatable bonds is 4. The maximum atomic E-state index is 13.8. The highest BCUT2D eigenvalue weighted by Gasteiger charge is 2.27. The summed E-state index contributed by atoms with van der Waals surface area (Å²) in [5, 5.41) is 9.23. The number of phenols is 1. The third kappa shape index (κ3) is 3.28. The zero-order valence-corrected chi connectivity index (χ0v) is 11.5. The standard InChI is InChI=1S/C15H21FN2O2/c16-14-10-12(19)6-7-13(14)15(20)18(9-8-17)11-4-2-1-3-5-11/h6-7,10-11,19H,1-5,8-9,17H2. The molecular formula is C15H21FN2O2. The quantitative estimate of drug-likeness (QED) is 0.889. The molecule has 5 heteroatoms. The van der Waals surface area contributed by atoms with E-state index in [1.807, 2.05) is 0 Å². The van der Waals surface area contributed by atoms with Crippen molar-refractivity contribution in [3.8, 4) is 5.75 Å². The number of hydrogen-bond donors (Lipinski definition) is 2. The summed E-state index contributed by atoms with van der Waals surface area (Å²) in [4.78, 5) is 14.2. The molecule has 1 aliphatic rings. The molecule has 110 valence electrons. The molecule has 0 bridgehead atoms. The monoisotopic (exact) mass is 280 g/mol. The number of aromatic hydroxyl groups is 1. The number of nitrogens with zero attached hydrogens (tertiary/aromatic N) is 1. The van der Waals surface area contributed by atoms with Crippen LogP contribution in [0.1, 0.15) is 42.5 Å². The molecule has 1 aromatic carbocycles. The molecule has 0 spiro atoms. The van der Waals surface area contributed by atoms with Crippen LogP contribution in [0, 0.1) is 5.82 Å². The third-order valence-electron chi connectivity index (χ3n) is 3.83. The van der Waals surface area contributed by atoms with Crippen LogP contribution in [0.3, 0.4) is 0 Å². The number of nitrogens with two attached hydrogens (primary N) is 1. The van der Waals surface area contributed by atoms with Crippen molar-refractivity contribution in [3.05, 3.63) is 29.6 Å². The minimum absolute atomic E-state index is 0.00169. The summed E-state index contributed by atoms with van der Waals surface area (Å²) in [5.41, 5.74) is 5.59. The lowest BCUT2D eigenvalue weighted by atomic mass is 9.93. The van der Waals surface area contributed by atoms with Crippen LogP contribution >= 0.6 is 0 Å². The van der Waals surface area contributed by atoms with E-state index >= 15 is 0 Å². The van der Waals surface area contributed by atoms with Crippen molar-refractivity contribution in [3.63, 3.8) is 0 Å². The van der Waals surface area contributed by atoms with Gasteiger partial charge in [0.2, 0.25) is 0 Å². The van der Waals surface area contributed by atoms with E-state index < -0.39 is 5.82 Å². The molecule has 20 heavy (non-hydrogen) atoms. The van der Waals surface area contributed by atoms with Crippen molar-refractivity contribution in [2.45, 2.75) is 38.1 Å². The Kier molecular flexibility index (Phi) is 4.95. The normalized spacial score (nSPS) is 16.1. The maximum absolute atomic E-state index is 13.8. The molecule has 0 aliphatic heterocycles. The number of phenolic OH excluding ortho intramolecular Hbond substituents is 1. The maximum Gasteiger partial charge on any atom is 0.257 e. The van der Waals surface area contributed by atoms with E-state index in [1.165, 1.54) is 18.6 Å². The number of halogens is 1. The second-order valence-electron chi connectivity index (χ2n) is 5.24. The summed E-state index contributed by atoms with van der Waals surface area (Å²) in [6.07, 6.45) is 5.28. The molecule has 4 nitrogen and oxygen atoms in total. The Labute approximate surface area is 118 Å².